The van der Waals surface area contributed by atoms with Crippen LogP contribution in [0.25, 0.3) is 11.1 Å². The Morgan fingerprint density at radius 3 is 1.50 bits per heavy atom. The van der Waals surface area contributed by atoms with Crippen molar-refractivity contribution in [3.8, 4) is 11.1 Å². The fraction of sp³-hybridized carbons (Fsp3) is 0.708. The summed E-state index contributed by atoms with van der Waals surface area (Å²) >= 11 is 0. The highest BCUT2D eigenvalue weighted by Gasteiger charge is 2.46. The number of carbonyl (C=O) groups excluding carboxylic acids is 14. The van der Waals surface area contributed by atoms with Crippen molar-refractivity contribution >= 4 is 120 Å². The van der Waals surface area contributed by atoms with Gasteiger partial charge in [0.05, 0.1) is 88.9 Å². The summed E-state index contributed by atoms with van der Waals surface area (Å²) in [7, 11) is 3.79. The Morgan fingerprint density at radius 2 is 0.969 bits per heavy atom. The first-order chi connectivity index (χ1) is 62.2. The molecule has 7 N–H and O–H groups in total. The van der Waals surface area contributed by atoms with E-state index in [1.54, 1.807) is 55.4 Å². The first-order valence-corrected chi connectivity index (χ1v) is 50.1. The van der Waals surface area contributed by atoms with E-state index in [1.807, 2.05) is 31.2 Å². The first kappa shape index (κ1) is 110. The van der Waals surface area contributed by atoms with Crippen molar-refractivity contribution in [1.82, 2.24) is 46.2 Å². The lowest BCUT2D eigenvalue weighted by Crippen LogP contribution is -2.48. The number of benzene rings is 2. The average Bonchev–Trinajstić information content (AvgIpc) is 1.60. The number of amides is 9. The standard InChI is InChI=1S/C89H136B3N9O28P2/c1-12-61(102)33-35-84(113)126-70-43-57(7)124-75(70)54-121-131(11,119)129-72-45-59(9)125-76(72)55-122-130(10,118)128-71-44-58(8)123-73(71)47-96-79(108)52-101(83(112)16-5)42-38-94-78(107)51-100(82(111)15-4)41-37-93-77(106)34-32-60(88(116)97-48-74-85(114)86(115)87(127-74)92(90)91)46-63(104)50-99(81(110)14-3)39-23-26-62(103)49-98(80(109)13-2)40-24-31-69(105)56(6)25-21-22-36-95-89(117)120-53-68-66-29-19-17-27-64(66)65-28-18-20-30-67(65)68/h17-20,27-30,56-60,68,70-76,85-87,114-115H,12-16,21-26,31-55H2,1-11H3,(H,93,106)(H,94,107)(H,95,117)(H,96,108)(H,97,116)/t56-,57-,58-,59-,60+,70?,71?,72?,73+,74+,75+,76+,85-,86?,87+,130?,131?/m0/s1. The van der Waals surface area contributed by atoms with Gasteiger partial charge in [-0.15, -0.1) is 0 Å². The van der Waals surface area contributed by atoms with Crippen LogP contribution in [-0.2, 0) is 118 Å². The molecule has 0 bridgehead atoms. The second-order valence-electron chi connectivity index (χ2n) is 34.5. The molecule has 4 fully saturated rings. The zero-order chi connectivity index (χ0) is 96.2. The third-order valence-electron chi connectivity index (χ3n) is 23.8. The summed E-state index contributed by atoms with van der Waals surface area (Å²) in [6.45, 7) is 14.2. The third kappa shape index (κ3) is 36.6. The number of ether oxygens (including phenoxy) is 6. The summed E-state index contributed by atoms with van der Waals surface area (Å²) in [6, 6.07) is 15.0. The van der Waals surface area contributed by atoms with Crippen LogP contribution >= 0.6 is 15.2 Å². The van der Waals surface area contributed by atoms with E-state index in [2.05, 4.69) is 50.8 Å². The van der Waals surface area contributed by atoms with Gasteiger partial charge in [-0.25, -0.2) is 4.79 Å². The Hall–Kier alpha value is -8.13. The molecule has 4 saturated heterocycles. The minimum Gasteiger partial charge on any atom is -0.459 e. The fourth-order valence-corrected chi connectivity index (χ4v) is 18.9. The van der Waals surface area contributed by atoms with Gasteiger partial charge < -0.3 is 103 Å². The number of aliphatic hydroxyl groups is 2. The summed E-state index contributed by atoms with van der Waals surface area (Å²) in [5.74, 6) is -7.24. The fourth-order valence-electron chi connectivity index (χ4n) is 16.5. The molecule has 2 aromatic carbocycles. The predicted octanol–water partition coefficient (Wildman–Crippen LogP) is 5.31. The van der Waals surface area contributed by atoms with Gasteiger partial charge >= 0.3 is 27.3 Å². The second kappa shape index (κ2) is 55.0. The number of aliphatic hydroxyl groups excluding tert-OH is 2. The van der Waals surface area contributed by atoms with Crippen molar-refractivity contribution in [3.63, 3.8) is 0 Å². The van der Waals surface area contributed by atoms with Crippen LogP contribution in [0.1, 0.15) is 208 Å². The average molecular weight is 1870 g/mol. The van der Waals surface area contributed by atoms with Crippen LogP contribution in [0.2, 0.25) is 0 Å². The number of ketones is 4. The van der Waals surface area contributed by atoms with Crippen molar-refractivity contribution in [1.29, 1.82) is 0 Å². The minimum atomic E-state index is -3.90. The Balaban J connectivity index is 0.817. The normalized spacial score (nSPS) is 22.7. The highest BCUT2D eigenvalue weighted by molar-refractivity contribution is 7.53. The smallest absolute Gasteiger partial charge is 0.407 e. The van der Waals surface area contributed by atoms with E-state index in [9.17, 15) is 86.5 Å². The molecule has 5 aliphatic rings. The number of nitrogens with zero attached hydrogens (tertiary/aromatic N) is 4. The molecule has 4 radical (unpaired) electrons. The molecule has 17 atom stereocenters. The summed E-state index contributed by atoms with van der Waals surface area (Å²) in [5, 5.41) is 34.8. The molecule has 2 aromatic rings. The highest BCUT2D eigenvalue weighted by Crippen LogP contribution is 2.52. The monoisotopic (exact) mass is 1870 g/mol. The van der Waals surface area contributed by atoms with Gasteiger partial charge in [0.2, 0.25) is 47.3 Å². The molecule has 131 heavy (non-hydrogen) atoms. The van der Waals surface area contributed by atoms with E-state index in [0.717, 1.165) is 22.3 Å². The number of fused-ring (bicyclic) bond motifs is 3. The van der Waals surface area contributed by atoms with E-state index in [1.165, 1.54) is 32.9 Å². The molecule has 9 amide bonds. The van der Waals surface area contributed by atoms with Crippen LogP contribution in [-0.4, -0.2) is 332 Å². The third-order valence-corrected chi connectivity index (χ3v) is 26.3. The molecule has 4 heterocycles. The molecule has 6 unspecified atom stereocenters. The molecule has 0 aromatic heterocycles. The lowest BCUT2D eigenvalue weighted by Gasteiger charge is -2.27. The van der Waals surface area contributed by atoms with Gasteiger partial charge in [0.25, 0.3) is 0 Å². The Kier molecular flexibility index (Phi) is 46.2. The van der Waals surface area contributed by atoms with Crippen LogP contribution in [0, 0.1) is 11.8 Å². The minimum absolute atomic E-state index is 0.000693. The van der Waals surface area contributed by atoms with Gasteiger partial charge in [0.1, 0.15) is 54.8 Å². The van der Waals surface area contributed by atoms with Crippen molar-refractivity contribution < 1.29 is 133 Å². The molecule has 0 saturated carbocycles. The topological polar surface area (TPSA) is 479 Å². The maximum absolute atomic E-state index is 14.0. The Bertz CT molecular complexity index is 4230. The van der Waals surface area contributed by atoms with Crippen LogP contribution < -0.4 is 26.6 Å². The Labute approximate surface area is 771 Å². The quantitative estimate of drug-likeness (QED) is 0.0191. The van der Waals surface area contributed by atoms with Gasteiger partial charge in [-0.2, -0.15) is 0 Å². The molecule has 1 aliphatic carbocycles. The number of hydrogen-bond donors (Lipinski definition) is 7. The van der Waals surface area contributed by atoms with E-state index >= 15 is 0 Å². The van der Waals surface area contributed by atoms with Gasteiger partial charge in [-0.1, -0.05) is 96.5 Å². The maximum Gasteiger partial charge on any atom is 0.407 e. The van der Waals surface area contributed by atoms with Crippen LogP contribution in [0.15, 0.2) is 48.5 Å². The first-order valence-electron chi connectivity index (χ1n) is 46.1. The number of hydrogen-bond acceptors (Lipinski definition) is 28. The SMILES string of the molecule is [B]B([B])[C@@H]1O[C@H](CNC(=O)[C@H](CCC(=O)NCCN(CC(=O)NCCN(CC(=O)NC[C@H]2O[C@@H](C)CC2OP(C)(=O)OC[C@H]2O[C@@H](C)CC2OP(C)(=O)OC[C@H]2O[C@@H](C)CC2OC(=O)CCC(=O)CC)C(=O)CC)C(=O)CC)CC(=O)CN(CCCC(=O)CN(CCCC(=O)[C@@H](C)CCCCNC(=O)OCC2c3ccccc3-c3ccccc32)C(=O)CC)C(=O)CC)[C@H](O)C1O. The molecule has 37 nitrogen and oxygen atoms in total. The van der Waals surface area contributed by atoms with E-state index in [0.29, 0.717) is 45.1 Å². The lowest BCUT2D eigenvalue weighted by molar-refractivity contribution is -0.153. The van der Waals surface area contributed by atoms with E-state index < -0.39 is 180 Å². The summed E-state index contributed by atoms with van der Waals surface area (Å²) < 4.78 is 86.2. The molecule has 4 aliphatic heterocycles. The molecule has 7 rings (SSSR count). The second-order valence-corrected chi connectivity index (χ2v) is 38.5. The number of alkyl carbamates (subject to hydrolysis) is 1. The Morgan fingerprint density at radius 1 is 0.489 bits per heavy atom. The zero-order valence-electron chi connectivity index (χ0n) is 77.7. The number of nitrogens with one attached hydrogen (secondary N) is 5. The molecule has 42 heteroatoms. The van der Waals surface area contributed by atoms with E-state index in [4.69, 9.17) is 62.0 Å². The summed E-state index contributed by atoms with van der Waals surface area (Å²) in [6.07, 6.45) is -7.86. The molecular weight excluding hydrogens is 1740 g/mol. The van der Waals surface area contributed by atoms with Crippen molar-refractivity contribution in [2.75, 3.05) is 118 Å². The lowest BCUT2D eigenvalue weighted by atomic mass is 9.16. The number of rotatable bonds is 60. The van der Waals surface area contributed by atoms with Gasteiger partial charge in [0, 0.05) is 195 Å². The van der Waals surface area contributed by atoms with E-state index in [-0.39, 0.29) is 209 Å². The maximum atomic E-state index is 14.0. The number of carbonyl (C=O) groups is 14. The summed E-state index contributed by atoms with van der Waals surface area (Å²) in [4.78, 5) is 190. The largest absolute Gasteiger partial charge is 0.459 e. The van der Waals surface area contributed by atoms with Gasteiger partial charge in [-0.05, 0) is 75.1 Å². The number of Topliss-reactive ketones (excluding diaryl/α,β-unsaturated/α-hetero) is 4. The predicted molar refractivity (Wildman–Crippen MR) is 484 cm³/mol. The molecule has 0 spiro atoms. The highest BCUT2D eigenvalue weighted by atomic mass is 31.2. The van der Waals surface area contributed by atoms with Crippen LogP contribution in [0.4, 0.5) is 4.79 Å². The number of unbranched alkanes of at least 4 members (excludes halogenated alkanes) is 1. The molecule has 724 valence electrons. The zero-order valence-corrected chi connectivity index (χ0v) is 79.5. The number of esters is 1. The van der Waals surface area contributed by atoms with Crippen LogP contribution in [0.3, 0.4) is 0 Å². The van der Waals surface area contributed by atoms with Crippen molar-refractivity contribution in [2.45, 2.75) is 276 Å². The van der Waals surface area contributed by atoms with Crippen molar-refractivity contribution in [3.05, 3.63) is 59.7 Å². The van der Waals surface area contributed by atoms with Gasteiger partial charge in [0.15, 0.2) is 11.6 Å². The van der Waals surface area contributed by atoms with Crippen LogP contribution in [0.5, 0.6) is 0 Å². The van der Waals surface area contributed by atoms with Gasteiger partial charge in [-0.3, -0.25) is 71.5 Å². The summed E-state index contributed by atoms with van der Waals surface area (Å²) in [5.41, 5.74) is 4.50. The molecular formula is C89H136B3N9O28P2. The van der Waals surface area contributed by atoms with Crippen molar-refractivity contribution in [2.24, 2.45) is 11.8 Å².